The van der Waals surface area contributed by atoms with Gasteiger partial charge in [0.1, 0.15) is 5.41 Å². The van der Waals surface area contributed by atoms with Crippen molar-refractivity contribution in [2.75, 3.05) is 26.2 Å². The highest BCUT2D eigenvalue weighted by Crippen LogP contribution is 2.58. The van der Waals surface area contributed by atoms with E-state index in [9.17, 15) is 20.2 Å². The summed E-state index contributed by atoms with van der Waals surface area (Å²) in [4.78, 5) is 27.3. The normalized spacial score (nSPS) is 46.5. The molecular formula is C15H24N4O4. The van der Waals surface area contributed by atoms with Gasteiger partial charge in [-0.1, -0.05) is 11.6 Å². The Hall–Kier alpha value is -1.54. The molecule has 4 heterocycles. The molecule has 4 saturated heterocycles. The first-order valence-electron chi connectivity index (χ1n) is 7.88. The van der Waals surface area contributed by atoms with E-state index >= 15 is 0 Å². The smallest absolute Gasteiger partial charge is 0.259 e. The van der Waals surface area contributed by atoms with Crippen LogP contribution in [-0.2, 0) is 0 Å². The molecule has 8 nitrogen and oxygen atoms in total. The molecule has 0 aromatic heterocycles. The van der Waals surface area contributed by atoms with Gasteiger partial charge in [0.05, 0.1) is 31.8 Å². The molecule has 0 aromatic rings. The molecule has 4 fully saturated rings. The number of nitro groups is 2. The third-order valence-corrected chi connectivity index (χ3v) is 6.68. The van der Waals surface area contributed by atoms with Gasteiger partial charge in [0, 0.05) is 9.85 Å². The maximum Gasteiger partial charge on any atom is 0.259 e. The quantitative estimate of drug-likeness (QED) is 0.442. The summed E-state index contributed by atoms with van der Waals surface area (Å²) in [6.45, 7) is 10.4. The summed E-state index contributed by atoms with van der Waals surface area (Å²) < 4.78 is 0. The molecule has 4 rings (SSSR count). The van der Waals surface area contributed by atoms with Crippen LogP contribution in [0.5, 0.6) is 0 Å². The van der Waals surface area contributed by atoms with E-state index in [1.54, 1.807) is 13.8 Å². The second-order valence-electron chi connectivity index (χ2n) is 8.23. The molecule has 8 heteroatoms. The third-order valence-electron chi connectivity index (χ3n) is 6.68. The lowest BCUT2D eigenvalue weighted by Crippen LogP contribution is -2.92. The average molecular weight is 324 g/mol. The fraction of sp³-hybridized carbons (Fsp3) is 0.867. The molecule has 0 aliphatic carbocycles. The molecule has 23 heavy (non-hydrogen) atoms. The van der Waals surface area contributed by atoms with E-state index in [-0.39, 0.29) is 36.0 Å². The average Bonchev–Trinajstić information content (AvgIpc) is 2.35. The molecule has 4 aliphatic heterocycles. The molecule has 0 aromatic carbocycles. The Bertz CT molecular complexity index is 571. The van der Waals surface area contributed by atoms with Crippen LogP contribution in [0, 0.1) is 25.6 Å². The van der Waals surface area contributed by atoms with Gasteiger partial charge >= 0.3 is 0 Å². The topological polar surface area (TPSA) is 92.8 Å². The number of allylic oxidation sites excluding steroid dienone is 1. The van der Waals surface area contributed by atoms with Crippen molar-refractivity contribution in [3.63, 3.8) is 0 Å². The molecule has 4 aliphatic rings. The molecular weight excluding hydrogens is 300 g/mol. The monoisotopic (exact) mass is 324 g/mol. The number of piperidine rings is 2. The van der Waals surface area contributed by atoms with Crippen LogP contribution in [0.3, 0.4) is 0 Å². The van der Waals surface area contributed by atoms with Gasteiger partial charge in [-0.2, -0.15) is 0 Å². The van der Waals surface area contributed by atoms with Crippen molar-refractivity contribution in [1.29, 1.82) is 0 Å². The zero-order chi connectivity index (χ0) is 17.4. The number of nitrogens with zero attached hydrogens (tertiary/aromatic N) is 4. The van der Waals surface area contributed by atoms with Crippen molar-refractivity contribution in [2.24, 2.45) is 5.41 Å². The molecule has 0 atom stereocenters. The van der Waals surface area contributed by atoms with Crippen LogP contribution < -0.4 is 0 Å². The number of hydrogen-bond acceptors (Lipinski definition) is 6. The van der Waals surface area contributed by atoms with E-state index in [1.807, 2.05) is 30.6 Å². The summed E-state index contributed by atoms with van der Waals surface area (Å²) in [6.07, 6.45) is 2.07. The van der Waals surface area contributed by atoms with Crippen LogP contribution >= 0.6 is 0 Å². The Morgan fingerprint density at radius 2 is 1.26 bits per heavy atom. The second-order valence-corrected chi connectivity index (χ2v) is 8.23. The Kier molecular flexibility index (Phi) is 3.05. The van der Waals surface area contributed by atoms with Crippen LogP contribution in [0.25, 0.3) is 0 Å². The van der Waals surface area contributed by atoms with E-state index in [4.69, 9.17) is 0 Å². The Labute approximate surface area is 135 Å². The van der Waals surface area contributed by atoms with Crippen molar-refractivity contribution in [1.82, 2.24) is 9.80 Å². The number of rotatable bonds is 3. The van der Waals surface area contributed by atoms with Crippen LogP contribution in [-0.4, -0.2) is 62.6 Å². The summed E-state index contributed by atoms with van der Waals surface area (Å²) in [5.74, 6) is 0. The van der Waals surface area contributed by atoms with Crippen LogP contribution in [0.1, 0.15) is 34.6 Å². The lowest BCUT2D eigenvalue weighted by atomic mass is 9.52. The summed E-state index contributed by atoms with van der Waals surface area (Å²) in [5.41, 5.74) is -3.03. The molecule has 0 amide bonds. The summed E-state index contributed by atoms with van der Waals surface area (Å²) in [5, 5.41) is 24.0. The highest BCUT2D eigenvalue weighted by Gasteiger charge is 2.83. The maximum atomic E-state index is 12.0. The van der Waals surface area contributed by atoms with Gasteiger partial charge in [-0.3, -0.25) is 30.0 Å². The summed E-state index contributed by atoms with van der Waals surface area (Å²) in [6, 6.07) is 0. The van der Waals surface area contributed by atoms with Crippen molar-refractivity contribution in [3.05, 3.63) is 31.9 Å². The van der Waals surface area contributed by atoms with Crippen LogP contribution in [0.2, 0.25) is 0 Å². The minimum Gasteiger partial charge on any atom is -0.268 e. The zero-order valence-electron chi connectivity index (χ0n) is 14.3. The van der Waals surface area contributed by atoms with Gasteiger partial charge in [0.25, 0.3) is 11.1 Å². The SMILES string of the molecule is CC(C)=CC1(C)N2CC3([N+](=O)[O-])CN1CC([N+](=O)[O-])(C2)C3(C)C. The largest absolute Gasteiger partial charge is 0.268 e. The summed E-state index contributed by atoms with van der Waals surface area (Å²) in [7, 11) is 0. The van der Waals surface area contributed by atoms with Gasteiger partial charge in [0.2, 0.25) is 0 Å². The van der Waals surface area contributed by atoms with Crippen molar-refractivity contribution < 1.29 is 9.85 Å². The van der Waals surface area contributed by atoms with Gasteiger partial charge in [-0.15, -0.1) is 0 Å². The highest BCUT2D eigenvalue weighted by molar-refractivity contribution is 5.27. The van der Waals surface area contributed by atoms with E-state index in [0.717, 1.165) is 5.57 Å². The van der Waals surface area contributed by atoms with Gasteiger partial charge < -0.3 is 0 Å². The van der Waals surface area contributed by atoms with Crippen LogP contribution in [0.15, 0.2) is 11.6 Å². The van der Waals surface area contributed by atoms with E-state index < -0.39 is 22.2 Å². The molecule has 128 valence electrons. The van der Waals surface area contributed by atoms with Gasteiger partial charge in [-0.25, -0.2) is 0 Å². The first-order chi connectivity index (χ1) is 10.4. The standard InChI is InChI=1S/C15H24N4O4/c1-11(2)6-13(5)16-7-14(18(20)21)8-17(13)10-15(9-16,19(22)23)12(14,3)4/h6H,7-10H2,1-5H3. The lowest BCUT2D eigenvalue weighted by Gasteiger charge is -2.69. The molecule has 0 N–H and O–H groups in total. The Balaban J connectivity index is 2.20. The van der Waals surface area contributed by atoms with Crippen LogP contribution in [0.4, 0.5) is 0 Å². The molecule has 0 unspecified atom stereocenters. The molecule has 4 bridgehead atoms. The molecule has 0 spiro atoms. The summed E-state index contributed by atoms with van der Waals surface area (Å²) >= 11 is 0. The predicted molar refractivity (Wildman–Crippen MR) is 84.2 cm³/mol. The van der Waals surface area contributed by atoms with Crippen molar-refractivity contribution in [3.8, 4) is 0 Å². The first-order valence-corrected chi connectivity index (χ1v) is 7.88. The minimum atomic E-state index is -1.31. The minimum absolute atomic E-state index is 0.249. The van der Waals surface area contributed by atoms with Gasteiger partial charge in [-0.05, 0) is 34.6 Å². The second kappa shape index (κ2) is 4.30. The maximum absolute atomic E-state index is 12.0. The van der Waals surface area contributed by atoms with E-state index in [0.29, 0.717) is 0 Å². The number of hydrogen-bond donors (Lipinski definition) is 0. The Morgan fingerprint density at radius 1 is 0.913 bits per heavy atom. The first kappa shape index (κ1) is 16.3. The van der Waals surface area contributed by atoms with Crippen molar-refractivity contribution >= 4 is 0 Å². The van der Waals surface area contributed by atoms with E-state index in [1.165, 1.54) is 0 Å². The van der Waals surface area contributed by atoms with E-state index in [2.05, 4.69) is 6.08 Å². The molecule has 0 radical (unpaired) electrons. The highest BCUT2D eigenvalue weighted by atomic mass is 16.6. The third kappa shape index (κ3) is 1.63. The predicted octanol–water partition coefficient (Wildman–Crippen LogP) is 1.37. The fourth-order valence-corrected chi connectivity index (χ4v) is 4.96. The van der Waals surface area contributed by atoms with Gasteiger partial charge in [0.15, 0.2) is 0 Å². The van der Waals surface area contributed by atoms with Crippen molar-refractivity contribution in [2.45, 2.75) is 51.4 Å². The zero-order valence-corrected chi connectivity index (χ0v) is 14.3. The lowest BCUT2D eigenvalue weighted by molar-refractivity contribution is -0.680. The molecule has 0 saturated carbocycles. The Morgan fingerprint density at radius 3 is 1.52 bits per heavy atom. The fourth-order valence-electron chi connectivity index (χ4n) is 4.96.